The van der Waals surface area contributed by atoms with E-state index in [1.54, 1.807) is 30.0 Å². The highest BCUT2D eigenvalue weighted by Crippen LogP contribution is 2.30. The molecule has 0 saturated heterocycles. The van der Waals surface area contributed by atoms with Crippen molar-refractivity contribution < 1.29 is 18.7 Å². The summed E-state index contributed by atoms with van der Waals surface area (Å²) in [7, 11) is 1.41. The topological polar surface area (TPSA) is 58.6 Å². The van der Waals surface area contributed by atoms with Gasteiger partial charge in [-0.1, -0.05) is 6.07 Å². The average molecular weight is 356 g/mol. The molecule has 0 fully saturated rings. The third kappa shape index (κ3) is 3.85. The van der Waals surface area contributed by atoms with Crippen LogP contribution in [0.1, 0.15) is 24.5 Å². The van der Waals surface area contributed by atoms with Crippen molar-refractivity contribution in [3.63, 3.8) is 0 Å². The number of hydrogen-bond donors (Lipinski definition) is 1. The van der Waals surface area contributed by atoms with Gasteiger partial charge in [-0.25, -0.2) is 4.39 Å². The van der Waals surface area contributed by atoms with Crippen molar-refractivity contribution in [3.8, 4) is 5.75 Å². The molecule has 2 aromatic rings. The standard InChI is InChI=1S/C20H21FN2O3/c1-13(24)23-10-9-15-12-16(5-6-18(15)23)22-20(25)8-4-14-3-7-19(26-2)17(21)11-14/h3,5-7,11-12H,4,8-10H2,1-2H3,(H,22,25). The third-order valence-electron chi connectivity index (χ3n) is 4.50. The number of aryl methyl sites for hydroxylation is 1. The molecule has 0 saturated carbocycles. The number of nitrogens with one attached hydrogen (secondary N) is 1. The number of ether oxygens (including phenoxy) is 1. The Labute approximate surface area is 151 Å². The Morgan fingerprint density at radius 2 is 2.04 bits per heavy atom. The smallest absolute Gasteiger partial charge is 0.224 e. The molecule has 1 heterocycles. The van der Waals surface area contributed by atoms with E-state index in [0.717, 1.165) is 23.2 Å². The lowest BCUT2D eigenvalue weighted by Gasteiger charge is -2.15. The fourth-order valence-corrected chi connectivity index (χ4v) is 3.15. The summed E-state index contributed by atoms with van der Waals surface area (Å²) in [4.78, 5) is 25.5. The van der Waals surface area contributed by atoms with Crippen molar-refractivity contribution in [3.05, 3.63) is 53.3 Å². The van der Waals surface area contributed by atoms with Gasteiger partial charge in [0.05, 0.1) is 7.11 Å². The Bertz CT molecular complexity index is 851. The molecule has 0 radical (unpaired) electrons. The molecule has 26 heavy (non-hydrogen) atoms. The van der Waals surface area contributed by atoms with E-state index in [-0.39, 0.29) is 24.0 Å². The van der Waals surface area contributed by atoms with Crippen molar-refractivity contribution in [2.24, 2.45) is 0 Å². The molecule has 2 amide bonds. The maximum Gasteiger partial charge on any atom is 0.224 e. The van der Waals surface area contributed by atoms with Gasteiger partial charge >= 0.3 is 0 Å². The summed E-state index contributed by atoms with van der Waals surface area (Å²) in [5.74, 6) is -0.357. The van der Waals surface area contributed by atoms with E-state index in [1.165, 1.54) is 13.2 Å². The summed E-state index contributed by atoms with van der Waals surface area (Å²) in [5.41, 5.74) is 3.41. The van der Waals surface area contributed by atoms with Gasteiger partial charge in [-0.2, -0.15) is 0 Å². The van der Waals surface area contributed by atoms with E-state index >= 15 is 0 Å². The van der Waals surface area contributed by atoms with Crippen molar-refractivity contribution in [1.82, 2.24) is 0 Å². The number of amides is 2. The first-order valence-electron chi connectivity index (χ1n) is 8.51. The molecule has 0 aliphatic carbocycles. The van der Waals surface area contributed by atoms with Crippen LogP contribution in [0.25, 0.3) is 0 Å². The minimum Gasteiger partial charge on any atom is -0.494 e. The van der Waals surface area contributed by atoms with Crippen molar-refractivity contribution in [2.75, 3.05) is 23.9 Å². The predicted octanol–water partition coefficient (Wildman–Crippen LogP) is 3.31. The second-order valence-electron chi connectivity index (χ2n) is 6.28. The maximum absolute atomic E-state index is 13.7. The number of rotatable bonds is 5. The van der Waals surface area contributed by atoms with E-state index in [4.69, 9.17) is 4.74 Å². The Kier molecular flexibility index (Phi) is 5.21. The molecular formula is C20H21FN2O3. The Morgan fingerprint density at radius 1 is 1.23 bits per heavy atom. The summed E-state index contributed by atoms with van der Waals surface area (Å²) in [5, 5.41) is 2.86. The molecule has 136 valence electrons. The number of fused-ring (bicyclic) bond motifs is 1. The van der Waals surface area contributed by atoms with Crippen molar-refractivity contribution in [1.29, 1.82) is 0 Å². The van der Waals surface area contributed by atoms with Crippen LogP contribution in [0, 0.1) is 5.82 Å². The second kappa shape index (κ2) is 7.56. The maximum atomic E-state index is 13.7. The molecule has 1 aliphatic rings. The van der Waals surface area contributed by atoms with Crippen LogP contribution < -0.4 is 15.0 Å². The summed E-state index contributed by atoms with van der Waals surface area (Å²) < 4.78 is 18.6. The minimum absolute atomic E-state index is 0.0206. The quantitative estimate of drug-likeness (QED) is 0.894. The number of halogens is 1. The zero-order valence-electron chi connectivity index (χ0n) is 14.8. The summed E-state index contributed by atoms with van der Waals surface area (Å²) in [6.07, 6.45) is 1.47. The molecule has 0 aromatic heterocycles. The van der Waals surface area contributed by atoms with Crippen LogP contribution in [0.4, 0.5) is 15.8 Å². The molecule has 5 nitrogen and oxygen atoms in total. The van der Waals surface area contributed by atoms with Crippen LogP contribution in [0.15, 0.2) is 36.4 Å². The number of methoxy groups -OCH3 is 1. The zero-order valence-corrected chi connectivity index (χ0v) is 14.8. The van der Waals surface area contributed by atoms with E-state index < -0.39 is 5.82 Å². The summed E-state index contributed by atoms with van der Waals surface area (Å²) in [6, 6.07) is 10.3. The molecule has 0 unspecified atom stereocenters. The molecular weight excluding hydrogens is 335 g/mol. The van der Waals surface area contributed by atoms with Gasteiger partial charge in [0.1, 0.15) is 0 Å². The first kappa shape index (κ1) is 17.9. The normalized spacial score (nSPS) is 12.7. The summed E-state index contributed by atoms with van der Waals surface area (Å²) >= 11 is 0. The van der Waals surface area contributed by atoms with Crippen LogP contribution in [0.3, 0.4) is 0 Å². The number of carbonyl (C=O) groups is 2. The molecule has 3 rings (SSSR count). The van der Waals surface area contributed by atoms with E-state index in [0.29, 0.717) is 18.7 Å². The monoisotopic (exact) mass is 356 g/mol. The predicted molar refractivity (Wildman–Crippen MR) is 98.1 cm³/mol. The zero-order chi connectivity index (χ0) is 18.7. The average Bonchev–Trinajstić information content (AvgIpc) is 3.03. The van der Waals surface area contributed by atoms with Gasteiger partial charge in [0.15, 0.2) is 11.6 Å². The first-order chi connectivity index (χ1) is 12.5. The first-order valence-corrected chi connectivity index (χ1v) is 8.51. The molecule has 1 N–H and O–H groups in total. The van der Waals surface area contributed by atoms with Gasteiger partial charge in [0, 0.05) is 31.3 Å². The van der Waals surface area contributed by atoms with Gasteiger partial charge < -0.3 is 15.0 Å². The Balaban J connectivity index is 1.59. The highest BCUT2D eigenvalue weighted by molar-refractivity contribution is 5.95. The van der Waals surface area contributed by atoms with E-state index in [1.807, 2.05) is 12.1 Å². The molecule has 1 aliphatic heterocycles. The number of nitrogens with zero attached hydrogens (tertiary/aromatic N) is 1. The van der Waals surface area contributed by atoms with Crippen molar-refractivity contribution >= 4 is 23.2 Å². The Morgan fingerprint density at radius 3 is 2.73 bits per heavy atom. The SMILES string of the molecule is COc1ccc(CCC(=O)Nc2ccc3c(c2)CCN3C(C)=O)cc1F. The molecule has 2 aromatic carbocycles. The van der Waals surface area contributed by atoms with Crippen LogP contribution >= 0.6 is 0 Å². The third-order valence-corrected chi connectivity index (χ3v) is 4.50. The lowest BCUT2D eigenvalue weighted by molar-refractivity contribution is -0.117. The van der Waals surface area contributed by atoms with E-state index in [2.05, 4.69) is 5.32 Å². The van der Waals surface area contributed by atoms with Crippen molar-refractivity contribution in [2.45, 2.75) is 26.2 Å². The number of anilines is 2. The van der Waals surface area contributed by atoms with Gasteiger partial charge in [0.2, 0.25) is 11.8 Å². The lowest BCUT2D eigenvalue weighted by atomic mass is 10.1. The fourth-order valence-electron chi connectivity index (χ4n) is 3.15. The summed E-state index contributed by atoms with van der Waals surface area (Å²) in [6.45, 7) is 2.22. The number of hydrogen-bond acceptors (Lipinski definition) is 3. The fraction of sp³-hybridized carbons (Fsp3) is 0.300. The van der Waals surface area contributed by atoms with Gasteiger partial charge in [-0.3, -0.25) is 9.59 Å². The number of benzene rings is 2. The largest absolute Gasteiger partial charge is 0.494 e. The van der Waals surface area contributed by atoms with Crippen LogP contribution in [-0.4, -0.2) is 25.5 Å². The molecule has 0 atom stereocenters. The van der Waals surface area contributed by atoms with Gasteiger partial charge in [0.25, 0.3) is 0 Å². The van der Waals surface area contributed by atoms with Crippen LogP contribution in [-0.2, 0) is 22.4 Å². The Hall–Kier alpha value is -2.89. The highest BCUT2D eigenvalue weighted by Gasteiger charge is 2.22. The second-order valence-corrected chi connectivity index (χ2v) is 6.28. The minimum atomic E-state index is -0.431. The molecule has 6 heteroatoms. The molecule has 0 bridgehead atoms. The molecule has 0 spiro atoms. The van der Waals surface area contributed by atoms with E-state index in [9.17, 15) is 14.0 Å². The van der Waals surface area contributed by atoms with Gasteiger partial charge in [-0.05, 0) is 54.3 Å². The highest BCUT2D eigenvalue weighted by atomic mass is 19.1. The van der Waals surface area contributed by atoms with Gasteiger partial charge in [-0.15, -0.1) is 0 Å². The number of carbonyl (C=O) groups excluding carboxylic acids is 2. The van der Waals surface area contributed by atoms with Crippen LogP contribution in [0.2, 0.25) is 0 Å². The lowest BCUT2D eigenvalue weighted by Crippen LogP contribution is -2.25. The van der Waals surface area contributed by atoms with Crippen LogP contribution in [0.5, 0.6) is 5.75 Å².